The van der Waals surface area contributed by atoms with Gasteiger partial charge in [0.1, 0.15) is 12.4 Å². The van der Waals surface area contributed by atoms with Gasteiger partial charge >= 0.3 is 5.16 Å². The molecule has 2 aromatic carbocycles. The van der Waals surface area contributed by atoms with Crippen molar-refractivity contribution in [1.82, 2.24) is 15.0 Å². The first-order chi connectivity index (χ1) is 16.2. The van der Waals surface area contributed by atoms with Crippen LogP contribution in [-0.2, 0) is 33.0 Å². The summed E-state index contributed by atoms with van der Waals surface area (Å²) in [7, 11) is 0. The molecule has 8 heteroatoms. The van der Waals surface area contributed by atoms with Crippen LogP contribution in [0, 0.1) is 6.92 Å². The summed E-state index contributed by atoms with van der Waals surface area (Å²) in [6, 6.07) is 19.5. The topological polar surface area (TPSA) is 92.3 Å². The predicted octanol–water partition coefficient (Wildman–Crippen LogP) is 4.19. The van der Waals surface area contributed by atoms with Gasteiger partial charge in [0.15, 0.2) is 5.75 Å². The second-order valence-corrected chi connectivity index (χ2v) is 8.80. The number of imidazole rings is 1. The van der Waals surface area contributed by atoms with Crippen molar-refractivity contribution in [2.45, 2.75) is 24.4 Å². The molecule has 4 aromatic rings. The lowest BCUT2D eigenvalue weighted by atomic mass is 10.2. The van der Waals surface area contributed by atoms with Gasteiger partial charge in [0.05, 0.1) is 43.2 Å². The molecule has 0 radical (unpaired) electrons. The van der Waals surface area contributed by atoms with Gasteiger partial charge < -0.3 is 18.8 Å². The van der Waals surface area contributed by atoms with E-state index in [1.165, 1.54) is 0 Å². The largest absolute Gasteiger partial charge is 0.609 e. The highest BCUT2D eigenvalue weighted by molar-refractivity contribution is 7.90. The van der Waals surface area contributed by atoms with Crippen molar-refractivity contribution < 1.29 is 18.8 Å². The lowest BCUT2D eigenvalue weighted by molar-refractivity contribution is 0.0303. The molecule has 0 aliphatic carbocycles. The molecule has 1 unspecified atom stereocenters. The number of hydrogen-bond acceptors (Lipinski definition) is 6. The Kier molecular flexibility index (Phi) is 8.32. The third kappa shape index (κ3) is 6.55. The average Bonchev–Trinajstić information content (AvgIpc) is 3.28. The minimum absolute atomic E-state index is 0.262. The minimum Gasteiger partial charge on any atom is -0.609 e. The molecule has 0 aliphatic rings. The van der Waals surface area contributed by atoms with Crippen LogP contribution < -0.4 is 4.74 Å². The van der Waals surface area contributed by atoms with Crippen LogP contribution in [0.4, 0.5) is 0 Å². The third-order valence-electron chi connectivity index (χ3n) is 5.08. The van der Waals surface area contributed by atoms with Crippen LogP contribution in [0.3, 0.4) is 0 Å². The zero-order valence-corrected chi connectivity index (χ0v) is 19.3. The van der Waals surface area contributed by atoms with Crippen LogP contribution in [0.5, 0.6) is 5.75 Å². The highest BCUT2D eigenvalue weighted by atomic mass is 32.2. The number of hydrogen-bond donors (Lipinski definition) is 1. The maximum Gasteiger partial charge on any atom is 0.322 e. The number of rotatable bonds is 12. The van der Waals surface area contributed by atoms with E-state index in [9.17, 15) is 4.55 Å². The van der Waals surface area contributed by atoms with Gasteiger partial charge in [0.25, 0.3) is 0 Å². The smallest absolute Gasteiger partial charge is 0.322 e. The van der Waals surface area contributed by atoms with Crippen molar-refractivity contribution in [3.05, 3.63) is 83.7 Å². The van der Waals surface area contributed by atoms with Gasteiger partial charge in [-0.2, -0.15) is 4.98 Å². The molecular weight excluding hydrogens is 438 g/mol. The van der Waals surface area contributed by atoms with E-state index in [1.807, 2.05) is 67.6 Å². The van der Waals surface area contributed by atoms with E-state index in [0.717, 1.165) is 27.9 Å². The second-order valence-electron chi connectivity index (χ2n) is 7.43. The average molecular weight is 466 g/mol. The molecule has 7 nitrogen and oxygen atoms in total. The Morgan fingerprint density at radius 3 is 2.52 bits per heavy atom. The van der Waals surface area contributed by atoms with E-state index in [4.69, 9.17) is 14.2 Å². The summed E-state index contributed by atoms with van der Waals surface area (Å²) in [5, 5.41) is 0.451. The molecule has 2 heterocycles. The molecular formula is C25H27N3O4S. The molecule has 0 bridgehead atoms. The fraction of sp³-hybridized carbons (Fsp3) is 0.280. The van der Waals surface area contributed by atoms with Crippen LogP contribution >= 0.6 is 0 Å². The van der Waals surface area contributed by atoms with Gasteiger partial charge in [0, 0.05) is 22.9 Å². The fourth-order valence-electron chi connectivity index (χ4n) is 3.29. The standard InChI is InChI=1S/C25H27N3O4S/c1-19-23(18-33(29)25-27-21-9-5-6-10-22(21)28-25)26-12-11-24(19)32-16-15-30-13-14-31-17-20-7-3-2-4-8-20/h2-12H,13-18H2,1H3,(H,27,28). The number of ether oxygens (including phenoxy) is 3. The van der Waals surface area contributed by atoms with Crippen LogP contribution in [-0.4, -0.2) is 45.9 Å². The van der Waals surface area contributed by atoms with E-state index in [1.54, 1.807) is 6.20 Å². The molecule has 0 aliphatic heterocycles. The van der Waals surface area contributed by atoms with Gasteiger partial charge in [-0.25, -0.2) is 0 Å². The Morgan fingerprint density at radius 1 is 0.909 bits per heavy atom. The van der Waals surface area contributed by atoms with E-state index in [2.05, 4.69) is 15.0 Å². The lowest BCUT2D eigenvalue weighted by Gasteiger charge is -2.13. The van der Waals surface area contributed by atoms with E-state index in [0.29, 0.717) is 43.9 Å². The Morgan fingerprint density at radius 2 is 1.67 bits per heavy atom. The minimum atomic E-state index is -1.34. The number of aromatic nitrogens is 3. The first kappa shape index (κ1) is 23.3. The molecule has 2 aromatic heterocycles. The molecule has 33 heavy (non-hydrogen) atoms. The number of H-pyrrole nitrogens is 1. The van der Waals surface area contributed by atoms with Crippen molar-refractivity contribution in [2.24, 2.45) is 0 Å². The van der Waals surface area contributed by atoms with Crippen molar-refractivity contribution in [3.8, 4) is 5.75 Å². The Hall–Kier alpha value is -2.91. The summed E-state index contributed by atoms with van der Waals surface area (Å²) in [6.45, 7) is 4.40. The molecule has 1 atom stereocenters. The molecule has 0 saturated carbocycles. The number of nitrogens with one attached hydrogen (secondary N) is 1. The summed E-state index contributed by atoms with van der Waals surface area (Å²) < 4.78 is 29.9. The van der Waals surface area contributed by atoms with Crippen LogP contribution in [0.2, 0.25) is 0 Å². The van der Waals surface area contributed by atoms with Crippen LogP contribution in [0.15, 0.2) is 72.0 Å². The molecule has 0 amide bonds. The summed E-state index contributed by atoms with van der Waals surface area (Å²) in [6.07, 6.45) is 1.67. The monoisotopic (exact) mass is 465 g/mol. The van der Waals surface area contributed by atoms with Gasteiger partial charge in [-0.3, -0.25) is 9.97 Å². The Balaban J connectivity index is 1.20. The highest BCUT2D eigenvalue weighted by Crippen LogP contribution is 2.23. The lowest BCUT2D eigenvalue weighted by Crippen LogP contribution is -2.13. The van der Waals surface area contributed by atoms with E-state index >= 15 is 0 Å². The second kappa shape index (κ2) is 11.8. The Labute approximate surface area is 196 Å². The normalized spacial score (nSPS) is 12.2. The number of nitrogens with zero attached hydrogens (tertiary/aromatic N) is 2. The van der Waals surface area contributed by atoms with Gasteiger partial charge in [-0.1, -0.05) is 42.5 Å². The molecule has 0 spiro atoms. The maximum absolute atomic E-state index is 12.8. The van der Waals surface area contributed by atoms with Crippen LogP contribution in [0.25, 0.3) is 11.0 Å². The maximum atomic E-state index is 12.8. The Bertz CT molecular complexity index is 1120. The number of fused-ring (bicyclic) bond motifs is 1. The zero-order valence-electron chi connectivity index (χ0n) is 18.5. The SMILES string of the molecule is Cc1c(OCCOCCOCc2ccccc2)ccnc1C[S+]([O-])c1nc2ccccc2[nH]1. The number of aromatic amines is 1. The predicted molar refractivity (Wildman–Crippen MR) is 128 cm³/mol. The van der Waals surface area contributed by atoms with Crippen LogP contribution in [0.1, 0.15) is 16.8 Å². The molecule has 0 saturated heterocycles. The van der Waals surface area contributed by atoms with Crippen molar-refractivity contribution in [2.75, 3.05) is 26.4 Å². The van der Waals surface area contributed by atoms with Gasteiger partial charge in [-0.15, -0.1) is 0 Å². The van der Waals surface area contributed by atoms with E-state index in [-0.39, 0.29) is 5.75 Å². The molecule has 4 rings (SSSR count). The van der Waals surface area contributed by atoms with Gasteiger partial charge in [0.2, 0.25) is 0 Å². The quantitative estimate of drug-likeness (QED) is 0.249. The zero-order chi connectivity index (χ0) is 22.9. The number of pyridine rings is 1. The molecule has 1 N–H and O–H groups in total. The fourth-order valence-corrected chi connectivity index (χ4v) is 4.39. The summed E-state index contributed by atoms with van der Waals surface area (Å²) in [5.41, 5.74) is 4.40. The summed E-state index contributed by atoms with van der Waals surface area (Å²) >= 11 is -1.34. The first-order valence-electron chi connectivity index (χ1n) is 10.8. The van der Waals surface area contributed by atoms with E-state index < -0.39 is 11.2 Å². The summed E-state index contributed by atoms with van der Waals surface area (Å²) in [4.78, 5) is 12.0. The molecule has 172 valence electrons. The van der Waals surface area contributed by atoms with Crippen molar-refractivity contribution in [1.29, 1.82) is 0 Å². The summed E-state index contributed by atoms with van der Waals surface area (Å²) in [5.74, 6) is 0.975. The number of benzene rings is 2. The molecule has 0 fully saturated rings. The van der Waals surface area contributed by atoms with Crippen molar-refractivity contribution >= 4 is 22.2 Å². The van der Waals surface area contributed by atoms with Crippen molar-refractivity contribution in [3.63, 3.8) is 0 Å². The third-order valence-corrected chi connectivity index (χ3v) is 6.24. The highest BCUT2D eigenvalue weighted by Gasteiger charge is 2.20. The van der Waals surface area contributed by atoms with Gasteiger partial charge in [-0.05, 0) is 30.7 Å². The number of para-hydroxylation sites is 2. The first-order valence-corrected chi connectivity index (χ1v) is 12.1.